The van der Waals surface area contributed by atoms with Gasteiger partial charge in [-0.25, -0.2) is 0 Å². The van der Waals surface area contributed by atoms with Gasteiger partial charge in [-0.05, 0) is 18.2 Å². The number of para-hydroxylation sites is 1. The number of pyridine rings is 1. The van der Waals surface area contributed by atoms with Crippen LogP contribution in [0.5, 0.6) is 5.75 Å². The van der Waals surface area contributed by atoms with Gasteiger partial charge < -0.3 is 10.5 Å². The molecule has 0 atom stereocenters. The fourth-order valence-electron chi connectivity index (χ4n) is 1.68. The molecular formula is C14H15ClN2O. The minimum Gasteiger partial charge on any atom is -0.491 e. The highest BCUT2D eigenvalue weighted by Crippen LogP contribution is 2.28. The van der Waals surface area contributed by atoms with Gasteiger partial charge in [0.05, 0.1) is 11.6 Å². The maximum Gasteiger partial charge on any atom is 0.142 e. The molecule has 0 aliphatic rings. The van der Waals surface area contributed by atoms with Crippen molar-refractivity contribution >= 4 is 11.6 Å². The van der Waals surface area contributed by atoms with Crippen LogP contribution in [0, 0.1) is 0 Å². The Morgan fingerprint density at radius 1 is 1.17 bits per heavy atom. The van der Waals surface area contributed by atoms with E-state index in [9.17, 15) is 0 Å². The second-order valence-electron chi connectivity index (χ2n) is 3.85. The van der Waals surface area contributed by atoms with Crippen LogP contribution >= 0.6 is 11.6 Å². The highest BCUT2D eigenvalue weighted by atomic mass is 35.5. The van der Waals surface area contributed by atoms with Crippen LogP contribution < -0.4 is 10.5 Å². The smallest absolute Gasteiger partial charge is 0.142 e. The van der Waals surface area contributed by atoms with Crippen molar-refractivity contribution in [1.82, 2.24) is 4.98 Å². The molecule has 0 fully saturated rings. The standard InChI is InChI=1S/C14H15ClN2O/c15-13-6-3-4-11(10-16)14(13)18-9-7-12-5-1-2-8-17-12/h1-6,8H,7,9-10,16H2. The summed E-state index contributed by atoms with van der Waals surface area (Å²) in [5, 5.41) is 0.596. The van der Waals surface area contributed by atoms with E-state index >= 15 is 0 Å². The third-order valence-electron chi connectivity index (χ3n) is 2.60. The molecule has 0 saturated carbocycles. The van der Waals surface area contributed by atoms with Crippen LogP contribution in [0.3, 0.4) is 0 Å². The molecule has 94 valence electrons. The summed E-state index contributed by atoms with van der Waals surface area (Å²) >= 11 is 6.09. The first-order valence-electron chi connectivity index (χ1n) is 5.81. The maximum atomic E-state index is 6.09. The minimum atomic E-state index is 0.416. The van der Waals surface area contributed by atoms with Crippen molar-refractivity contribution in [2.24, 2.45) is 5.73 Å². The van der Waals surface area contributed by atoms with Gasteiger partial charge in [0.15, 0.2) is 0 Å². The number of aromatic nitrogens is 1. The fourth-order valence-corrected chi connectivity index (χ4v) is 1.93. The Kier molecular flexibility index (Phi) is 4.56. The topological polar surface area (TPSA) is 48.1 Å². The molecule has 2 N–H and O–H groups in total. The first-order chi connectivity index (χ1) is 8.81. The number of hydrogen-bond donors (Lipinski definition) is 1. The van der Waals surface area contributed by atoms with Gasteiger partial charge in [-0.1, -0.05) is 29.8 Å². The van der Waals surface area contributed by atoms with Gasteiger partial charge in [0.1, 0.15) is 5.75 Å². The normalized spacial score (nSPS) is 10.3. The summed E-state index contributed by atoms with van der Waals surface area (Å²) in [7, 11) is 0. The van der Waals surface area contributed by atoms with E-state index in [4.69, 9.17) is 22.1 Å². The van der Waals surface area contributed by atoms with Gasteiger partial charge in [0.25, 0.3) is 0 Å². The molecule has 3 nitrogen and oxygen atoms in total. The van der Waals surface area contributed by atoms with Crippen molar-refractivity contribution in [3.8, 4) is 5.75 Å². The van der Waals surface area contributed by atoms with Gasteiger partial charge in [0.2, 0.25) is 0 Å². The van der Waals surface area contributed by atoms with Crippen LogP contribution in [0.2, 0.25) is 5.02 Å². The van der Waals surface area contributed by atoms with Gasteiger partial charge in [-0.3, -0.25) is 4.98 Å². The Morgan fingerprint density at radius 3 is 2.78 bits per heavy atom. The number of nitrogens with zero attached hydrogens (tertiary/aromatic N) is 1. The Balaban J connectivity index is 1.98. The SMILES string of the molecule is NCc1cccc(Cl)c1OCCc1ccccn1. The molecule has 4 heteroatoms. The van der Waals surface area contributed by atoms with Crippen LogP contribution in [-0.4, -0.2) is 11.6 Å². The summed E-state index contributed by atoms with van der Waals surface area (Å²) in [4.78, 5) is 4.24. The zero-order chi connectivity index (χ0) is 12.8. The average Bonchev–Trinajstić information content (AvgIpc) is 2.41. The van der Waals surface area contributed by atoms with E-state index in [2.05, 4.69) is 4.98 Å². The van der Waals surface area contributed by atoms with E-state index in [1.807, 2.05) is 30.3 Å². The van der Waals surface area contributed by atoms with Crippen LogP contribution in [0.1, 0.15) is 11.3 Å². The first-order valence-corrected chi connectivity index (χ1v) is 6.19. The van der Waals surface area contributed by atoms with E-state index < -0.39 is 0 Å². The van der Waals surface area contributed by atoms with Gasteiger partial charge in [0, 0.05) is 30.4 Å². The number of nitrogens with two attached hydrogens (primary N) is 1. The fraction of sp³-hybridized carbons (Fsp3) is 0.214. The highest BCUT2D eigenvalue weighted by molar-refractivity contribution is 6.32. The van der Waals surface area contributed by atoms with Crippen LogP contribution in [0.25, 0.3) is 0 Å². The largest absolute Gasteiger partial charge is 0.491 e. The Bertz CT molecular complexity index is 502. The molecule has 0 radical (unpaired) electrons. The Hall–Kier alpha value is -1.58. The molecule has 0 saturated heterocycles. The quantitative estimate of drug-likeness (QED) is 0.901. The number of hydrogen-bond acceptors (Lipinski definition) is 3. The summed E-state index contributed by atoms with van der Waals surface area (Å²) < 4.78 is 5.71. The van der Waals surface area contributed by atoms with Crippen LogP contribution in [0.4, 0.5) is 0 Å². The predicted octanol–water partition coefficient (Wildman–Crippen LogP) is 2.82. The molecule has 0 spiro atoms. The lowest BCUT2D eigenvalue weighted by atomic mass is 10.2. The minimum absolute atomic E-state index is 0.416. The summed E-state index contributed by atoms with van der Waals surface area (Å²) in [5.74, 6) is 0.678. The van der Waals surface area contributed by atoms with E-state index in [1.54, 1.807) is 12.3 Å². The Labute approximate surface area is 112 Å². The summed E-state index contributed by atoms with van der Waals surface area (Å²) in [6, 6.07) is 11.4. The zero-order valence-electron chi connectivity index (χ0n) is 9.97. The second-order valence-corrected chi connectivity index (χ2v) is 4.26. The molecule has 1 aromatic heterocycles. The molecule has 2 aromatic rings. The Morgan fingerprint density at radius 2 is 2.06 bits per heavy atom. The van der Waals surface area contributed by atoms with Gasteiger partial charge in [-0.2, -0.15) is 0 Å². The lowest BCUT2D eigenvalue weighted by molar-refractivity contribution is 0.317. The number of benzene rings is 1. The van der Waals surface area contributed by atoms with E-state index in [1.165, 1.54) is 0 Å². The summed E-state index contributed by atoms with van der Waals surface area (Å²) in [6.07, 6.45) is 2.52. The lowest BCUT2D eigenvalue weighted by Gasteiger charge is -2.11. The van der Waals surface area contributed by atoms with Crippen molar-refractivity contribution in [1.29, 1.82) is 0 Å². The maximum absolute atomic E-state index is 6.09. The van der Waals surface area contributed by atoms with Gasteiger partial charge >= 0.3 is 0 Å². The monoisotopic (exact) mass is 262 g/mol. The molecule has 1 heterocycles. The van der Waals surface area contributed by atoms with Gasteiger partial charge in [-0.15, -0.1) is 0 Å². The van der Waals surface area contributed by atoms with Crippen molar-refractivity contribution in [2.45, 2.75) is 13.0 Å². The summed E-state index contributed by atoms with van der Waals surface area (Å²) in [6.45, 7) is 0.952. The van der Waals surface area contributed by atoms with Crippen molar-refractivity contribution in [2.75, 3.05) is 6.61 Å². The average molecular weight is 263 g/mol. The molecule has 0 bridgehead atoms. The van der Waals surface area contributed by atoms with E-state index in [-0.39, 0.29) is 0 Å². The first kappa shape index (κ1) is 12.9. The summed E-state index contributed by atoms with van der Waals surface area (Å²) in [5.41, 5.74) is 7.57. The van der Waals surface area contributed by atoms with Crippen LogP contribution in [-0.2, 0) is 13.0 Å². The molecule has 18 heavy (non-hydrogen) atoms. The molecule has 0 aliphatic heterocycles. The number of ether oxygens (including phenoxy) is 1. The predicted molar refractivity (Wildman–Crippen MR) is 72.8 cm³/mol. The number of halogens is 1. The zero-order valence-corrected chi connectivity index (χ0v) is 10.7. The third-order valence-corrected chi connectivity index (χ3v) is 2.90. The third kappa shape index (κ3) is 3.22. The lowest BCUT2D eigenvalue weighted by Crippen LogP contribution is -2.07. The molecule has 2 rings (SSSR count). The van der Waals surface area contributed by atoms with E-state index in [0.717, 1.165) is 17.7 Å². The van der Waals surface area contributed by atoms with Crippen molar-refractivity contribution < 1.29 is 4.74 Å². The molecule has 0 amide bonds. The molecule has 0 unspecified atom stereocenters. The van der Waals surface area contributed by atoms with Crippen molar-refractivity contribution in [3.63, 3.8) is 0 Å². The molecule has 1 aromatic carbocycles. The molecule has 0 aliphatic carbocycles. The highest BCUT2D eigenvalue weighted by Gasteiger charge is 2.07. The van der Waals surface area contributed by atoms with Crippen LogP contribution in [0.15, 0.2) is 42.6 Å². The second kappa shape index (κ2) is 6.38. The molecular weight excluding hydrogens is 248 g/mol. The van der Waals surface area contributed by atoms with E-state index in [0.29, 0.717) is 23.9 Å². The number of rotatable bonds is 5. The van der Waals surface area contributed by atoms with Crippen molar-refractivity contribution in [3.05, 3.63) is 58.9 Å².